The molecule has 1 N–H and O–H groups in total. The second-order valence-corrected chi connectivity index (χ2v) is 5.97. The molecule has 1 aliphatic rings. The van der Waals surface area contributed by atoms with Crippen molar-refractivity contribution >= 4 is 0 Å². The number of hydrogen-bond donors (Lipinski definition) is 1. The fourth-order valence-corrected chi connectivity index (χ4v) is 3.24. The molecule has 0 bridgehead atoms. The Labute approximate surface area is 136 Å². The summed E-state index contributed by atoms with van der Waals surface area (Å²) in [6, 6.07) is 9.39. The van der Waals surface area contributed by atoms with E-state index in [-0.39, 0.29) is 11.7 Å². The summed E-state index contributed by atoms with van der Waals surface area (Å²) in [6.07, 6.45) is -0.338. The van der Waals surface area contributed by atoms with Crippen LogP contribution in [0.2, 0.25) is 0 Å². The van der Waals surface area contributed by atoms with Crippen LogP contribution in [0.5, 0.6) is 0 Å². The lowest BCUT2D eigenvalue weighted by Gasteiger charge is -2.22. The molecule has 8 heteroatoms. The van der Waals surface area contributed by atoms with E-state index < -0.39 is 11.8 Å². The van der Waals surface area contributed by atoms with Gasteiger partial charge in [0, 0.05) is 5.56 Å². The third-order valence-corrected chi connectivity index (χ3v) is 4.57. The van der Waals surface area contributed by atoms with Crippen molar-refractivity contribution in [3.8, 4) is 22.8 Å². The van der Waals surface area contributed by atoms with Crippen LogP contribution in [0.1, 0.15) is 31.6 Å². The largest absolute Gasteiger partial charge is 0.338 e. The lowest BCUT2D eigenvalue weighted by Crippen LogP contribution is -2.31. The molecule has 0 aliphatic heterocycles. The van der Waals surface area contributed by atoms with Crippen molar-refractivity contribution in [1.82, 2.24) is 25.6 Å². The Morgan fingerprint density at radius 3 is 2.46 bits per heavy atom. The molecule has 0 saturated heterocycles. The lowest BCUT2D eigenvalue weighted by molar-refractivity contribution is 0.0328. The van der Waals surface area contributed by atoms with Crippen LogP contribution in [0.25, 0.3) is 22.8 Å². The van der Waals surface area contributed by atoms with Gasteiger partial charge < -0.3 is 4.52 Å². The van der Waals surface area contributed by atoms with Crippen LogP contribution in [-0.4, -0.2) is 32.0 Å². The summed E-state index contributed by atoms with van der Waals surface area (Å²) in [4.78, 5) is 4.23. The second-order valence-electron chi connectivity index (χ2n) is 5.97. The molecule has 0 amide bonds. The number of alkyl halides is 2. The molecule has 1 aromatic carbocycles. The molecule has 0 atom stereocenters. The molecule has 24 heavy (non-hydrogen) atoms. The lowest BCUT2D eigenvalue weighted by atomic mass is 9.86. The summed E-state index contributed by atoms with van der Waals surface area (Å²) in [5, 5.41) is 14.6. The van der Waals surface area contributed by atoms with Gasteiger partial charge in [-0.3, -0.25) is 0 Å². The van der Waals surface area contributed by atoms with Crippen molar-refractivity contribution in [2.24, 2.45) is 0 Å². The van der Waals surface area contributed by atoms with Crippen molar-refractivity contribution in [1.29, 1.82) is 0 Å². The van der Waals surface area contributed by atoms with Crippen molar-refractivity contribution in [3.05, 3.63) is 36.2 Å². The molecule has 4 rings (SSSR count). The molecule has 2 heterocycles. The molecule has 2 aromatic heterocycles. The van der Waals surface area contributed by atoms with Gasteiger partial charge in [-0.15, -0.1) is 0 Å². The third-order valence-electron chi connectivity index (χ3n) is 4.57. The topological polar surface area (TPSA) is 80.5 Å². The van der Waals surface area contributed by atoms with Gasteiger partial charge in [-0.1, -0.05) is 48.3 Å². The van der Waals surface area contributed by atoms with Crippen molar-refractivity contribution in [2.45, 2.75) is 37.5 Å². The van der Waals surface area contributed by atoms with E-state index >= 15 is 0 Å². The Morgan fingerprint density at radius 1 is 1.04 bits per heavy atom. The molecule has 1 aliphatic carbocycles. The minimum absolute atomic E-state index is 0.00740. The van der Waals surface area contributed by atoms with E-state index in [1.54, 1.807) is 0 Å². The predicted octanol–water partition coefficient (Wildman–Crippen LogP) is 3.60. The first kappa shape index (κ1) is 14.9. The Kier molecular flexibility index (Phi) is 3.59. The summed E-state index contributed by atoms with van der Waals surface area (Å²) < 4.78 is 32.4. The highest BCUT2D eigenvalue weighted by atomic mass is 19.3. The smallest absolute Gasteiger partial charge is 0.252 e. The Balaban J connectivity index is 1.73. The van der Waals surface area contributed by atoms with Crippen LogP contribution in [0, 0.1) is 0 Å². The quantitative estimate of drug-likeness (QED) is 0.790. The fraction of sp³-hybridized carbons (Fsp3) is 0.375. The van der Waals surface area contributed by atoms with Crippen molar-refractivity contribution < 1.29 is 13.3 Å². The molecule has 3 aromatic rings. The third kappa shape index (κ3) is 2.29. The zero-order valence-electron chi connectivity index (χ0n) is 12.7. The molecule has 0 unspecified atom stereocenters. The Hall–Kier alpha value is -2.64. The van der Waals surface area contributed by atoms with Crippen LogP contribution in [0.3, 0.4) is 0 Å². The fourth-order valence-electron chi connectivity index (χ4n) is 3.24. The summed E-state index contributed by atoms with van der Waals surface area (Å²) in [6.45, 7) is 0. The SMILES string of the molecule is FC(F)C1(c2nc(-c3n[nH]nc3-c3ccccc3)no2)CCCC1. The maximum atomic E-state index is 13.6. The summed E-state index contributed by atoms with van der Waals surface area (Å²) >= 11 is 0. The zero-order chi connectivity index (χ0) is 16.6. The molecular formula is C16H15F2N5O. The first-order chi connectivity index (χ1) is 11.7. The molecule has 124 valence electrons. The van der Waals surface area contributed by atoms with Gasteiger partial charge >= 0.3 is 0 Å². The number of H-pyrrole nitrogens is 1. The van der Waals surface area contributed by atoms with E-state index in [9.17, 15) is 8.78 Å². The van der Waals surface area contributed by atoms with Gasteiger partial charge in [0.2, 0.25) is 11.7 Å². The van der Waals surface area contributed by atoms with Crippen molar-refractivity contribution in [2.75, 3.05) is 0 Å². The van der Waals surface area contributed by atoms with Gasteiger partial charge in [-0.25, -0.2) is 8.78 Å². The number of benzene rings is 1. The zero-order valence-corrected chi connectivity index (χ0v) is 12.7. The van der Waals surface area contributed by atoms with Crippen LogP contribution in [0.4, 0.5) is 8.78 Å². The molecule has 1 saturated carbocycles. The number of hydrogen-bond acceptors (Lipinski definition) is 5. The molecule has 0 radical (unpaired) electrons. The number of nitrogens with one attached hydrogen (secondary N) is 1. The highest BCUT2D eigenvalue weighted by Crippen LogP contribution is 2.45. The highest BCUT2D eigenvalue weighted by molar-refractivity contribution is 5.73. The van der Waals surface area contributed by atoms with Gasteiger partial charge in [0.05, 0.1) is 0 Å². The minimum atomic E-state index is -2.53. The number of nitrogens with zero attached hydrogens (tertiary/aromatic N) is 4. The van der Waals surface area contributed by atoms with Gasteiger partial charge in [-0.05, 0) is 12.8 Å². The molecule has 6 nitrogen and oxygen atoms in total. The summed E-state index contributed by atoms with van der Waals surface area (Å²) in [5.74, 6) is 0.163. The molecular weight excluding hydrogens is 316 g/mol. The Morgan fingerprint density at radius 2 is 1.75 bits per heavy atom. The number of rotatable bonds is 4. The standard InChI is InChI=1S/C16H15F2N5O/c17-14(18)16(8-4-5-9-16)15-19-13(22-24-15)12-11(20-23-21-12)10-6-2-1-3-7-10/h1-3,6-7,14H,4-5,8-9H2,(H,20,21,23). The van der Waals surface area contributed by atoms with E-state index in [2.05, 4.69) is 25.6 Å². The predicted molar refractivity (Wildman–Crippen MR) is 81.3 cm³/mol. The normalized spacial score (nSPS) is 16.8. The summed E-state index contributed by atoms with van der Waals surface area (Å²) in [5.41, 5.74) is 0.443. The number of aromatic amines is 1. The summed E-state index contributed by atoms with van der Waals surface area (Å²) in [7, 11) is 0. The molecule has 1 fully saturated rings. The van der Waals surface area contributed by atoms with Crippen LogP contribution in [0.15, 0.2) is 34.9 Å². The van der Waals surface area contributed by atoms with Gasteiger partial charge in [0.25, 0.3) is 6.43 Å². The minimum Gasteiger partial charge on any atom is -0.338 e. The monoisotopic (exact) mass is 331 g/mol. The van der Waals surface area contributed by atoms with E-state index in [1.807, 2.05) is 30.3 Å². The average Bonchev–Trinajstić information content (AvgIpc) is 3.34. The van der Waals surface area contributed by atoms with Crippen LogP contribution in [-0.2, 0) is 5.41 Å². The van der Waals surface area contributed by atoms with E-state index in [0.29, 0.717) is 24.2 Å². The average molecular weight is 331 g/mol. The second kappa shape index (κ2) is 5.77. The number of halogens is 2. The Bertz CT molecular complexity index is 824. The van der Waals surface area contributed by atoms with Gasteiger partial charge in [-0.2, -0.15) is 20.4 Å². The van der Waals surface area contributed by atoms with E-state index in [4.69, 9.17) is 4.52 Å². The maximum absolute atomic E-state index is 13.6. The first-order valence-corrected chi connectivity index (χ1v) is 7.79. The van der Waals surface area contributed by atoms with Crippen LogP contribution >= 0.6 is 0 Å². The van der Waals surface area contributed by atoms with E-state index in [0.717, 1.165) is 18.4 Å². The highest BCUT2D eigenvalue weighted by Gasteiger charge is 2.49. The maximum Gasteiger partial charge on any atom is 0.252 e. The van der Waals surface area contributed by atoms with Crippen LogP contribution < -0.4 is 0 Å². The first-order valence-electron chi connectivity index (χ1n) is 7.79. The van der Waals surface area contributed by atoms with Gasteiger partial charge in [0.1, 0.15) is 11.1 Å². The number of aromatic nitrogens is 5. The van der Waals surface area contributed by atoms with Gasteiger partial charge in [0.15, 0.2) is 5.69 Å². The molecule has 0 spiro atoms. The van der Waals surface area contributed by atoms with Crippen molar-refractivity contribution in [3.63, 3.8) is 0 Å². The van der Waals surface area contributed by atoms with E-state index in [1.165, 1.54) is 0 Å².